The number of esters is 2. The van der Waals surface area contributed by atoms with Crippen molar-refractivity contribution >= 4 is 11.9 Å². The average Bonchev–Trinajstić information content (AvgIpc) is 2.94. The number of ether oxygens (including phenoxy) is 2. The van der Waals surface area contributed by atoms with Crippen LogP contribution in [-0.2, 0) is 15.9 Å². The number of aromatic nitrogens is 2. The molecule has 0 aliphatic heterocycles. The number of aliphatic hydroxyl groups is 5. The van der Waals surface area contributed by atoms with Crippen molar-refractivity contribution in [2.24, 2.45) is 0 Å². The van der Waals surface area contributed by atoms with Crippen molar-refractivity contribution in [2.45, 2.75) is 36.9 Å². The van der Waals surface area contributed by atoms with Gasteiger partial charge in [-0.15, -0.1) is 0 Å². The van der Waals surface area contributed by atoms with Gasteiger partial charge < -0.3 is 35.0 Å². The molecule has 0 radical (unpaired) electrons. The fourth-order valence-corrected chi connectivity index (χ4v) is 3.21. The molecule has 3 aromatic rings. The predicted octanol–water partition coefficient (Wildman–Crippen LogP) is 0.210. The zero-order chi connectivity index (χ0) is 26.8. The van der Waals surface area contributed by atoms with Gasteiger partial charge in [0.25, 0.3) is 0 Å². The summed E-state index contributed by atoms with van der Waals surface area (Å²) in [5.74, 6) is -1.33. The van der Waals surface area contributed by atoms with E-state index >= 15 is 0 Å². The molecular weight excluding hydrogens is 484 g/mol. The van der Waals surface area contributed by atoms with Crippen molar-refractivity contribution < 1.29 is 44.6 Å². The van der Waals surface area contributed by atoms with Crippen molar-refractivity contribution in [1.29, 1.82) is 0 Å². The summed E-state index contributed by atoms with van der Waals surface area (Å²) in [6.07, 6.45) is -5.43. The van der Waals surface area contributed by atoms with Crippen LogP contribution in [-0.4, -0.2) is 85.1 Å². The van der Waals surface area contributed by atoms with Crippen LogP contribution in [0.3, 0.4) is 0 Å². The number of aliphatic hydroxyl groups excluding tert-OH is 5. The van der Waals surface area contributed by atoms with Gasteiger partial charge >= 0.3 is 11.9 Å². The predicted molar refractivity (Wildman–Crippen MR) is 128 cm³/mol. The van der Waals surface area contributed by atoms with Crippen LogP contribution in [0.25, 0.3) is 0 Å². The molecule has 5 unspecified atom stereocenters. The minimum atomic E-state index is -1.73. The molecule has 0 fully saturated rings. The van der Waals surface area contributed by atoms with Crippen LogP contribution in [0.2, 0.25) is 0 Å². The lowest BCUT2D eigenvalue weighted by molar-refractivity contribution is -0.0824. The number of hydrogen-bond donors (Lipinski definition) is 5. The first kappa shape index (κ1) is 27.8. The fraction of sp³-hybridized carbons (Fsp3) is 0.308. The molecular formula is C26H28N2O9. The third-order valence-electron chi connectivity index (χ3n) is 5.40. The second kappa shape index (κ2) is 13.5. The van der Waals surface area contributed by atoms with E-state index in [4.69, 9.17) is 9.47 Å². The summed E-state index contributed by atoms with van der Waals surface area (Å²) in [5, 5.41) is 51.0. The maximum Gasteiger partial charge on any atom is 0.338 e. The fourth-order valence-electron chi connectivity index (χ4n) is 3.21. The minimum Gasteiger partial charge on any atom is -0.459 e. The molecule has 0 aliphatic rings. The lowest BCUT2D eigenvalue weighted by Crippen LogP contribution is -2.36. The summed E-state index contributed by atoms with van der Waals surface area (Å²) in [6, 6.07) is 16.3. The van der Waals surface area contributed by atoms with Gasteiger partial charge in [0.1, 0.15) is 37.6 Å². The van der Waals surface area contributed by atoms with E-state index in [9.17, 15) is 35.1 Å². The molecule has 1 heterocycles. The Labute approximate surface area is 212 Å². The normalized spacial score (nSPS) is 15.2. The highest BCUT2D eigenvalue weighted by molar-refractivity contribution is 5.89. The van der Waals surface area contributed by atoms with E-state index in [1.165, 1.54) is 18.3 Å². The zero-order valence-corrected chi connectivity index (χ0v) is 19.7. The Bertz CT molecular complexity index is 1130. The zero-order valence-electron chi connectivity index (χ0n) is 19.7. The van der Waals surface area contributed by atoms with Crippen LogP contribution in [0.15, 0.2) is 73.1 Å². The van der Waals surface area contributed by atoms with Gasteiger partial charge in [-0.3, -0.25) is 9.97 Å². The molecule has 0 aliphatic carbocycles. The van der Waals surface area contributed by atoms with Gasteiger partial charge in [0.15, 0.2) is 0 Å². The minimum absolute atomic E-state index is 0.0727. The highest BCUT2D eigenvalue weighted by Crippen LogP contribution is 2.18. The Hall–Kier alpha value is -3.74. The van der Waals surface area contributed by atoms with Crippen molar-refractivity contribution in [2.75, 3.05) is 13.2 Å². The Balaban J connectivity index is 1.46. The molecule has 37 heavy (non-hydrogen) atoms. The second-order valence-electron chi connectivity index (χ2n) is 8.20. The van der Waals surface area contributed by atoms with E-state index in [0.717, 1.165) is 6.20 Å². The van der Waals surface area contributed by atoms with Crippen molar-refractivity contribution in [3.63, 3.8) is 0 Å². The summed E-state index contributed by atoms with van der Waals surface area (Å²) >= 11 is 0. The maximum atomic E-state index is 12.0. The Morgan fingerprint density at radius 1 is 0.676 bits per heavy atom. The van der Waals surface area contributed by atoms with Crippen LogP contribution >= 0.6 is 0 Å². The van der Waals surface area contributed by atoms with Crippen LogP contribution < -0.4 is 0 Å². The Morgan fingerprint density at radius 2 is 1.19 bits per heavy atom. The molecule has 196 valence electrons. The number of nitrogens with zero attached hydrogens (tertiary/aromatic N) is 2. The number of benzene rings is 2. The third-order valence-corrected chi connectivity index (χ3v) is 5.40. The van der Waals surface area contributed by atoms with Gasteiger partial charge in [0, 0.05) is 12.6 Å². The molecule has 0 spiro atoms. The molecule has 0 saturated heterocycles. The van der Waals surface area contributed by atoms with E-state index < -0.39 is 55.7 Å². The lowest BCUT2D eigenvalue weighted by Gasteiger charge is -2.22. The molecule has 11 nitrogen and oxygen atoms in total. The van der Waals surface area contributed by atoms with E-state index in [2.05, 4.69) is 9.97 Å². The first-order chi connectivity index (χ1) is 17.8. The Kier molecular flexibility index (Phi) is 10.2. The summed E-state index contributed by atoms with van der Waals surface area (Å²) in [4.78, 5) is 31.9. The maximum absolute atomic E-state index is 12.0. The van der Waals surface area contributed by atoms with E-state index in [1.807, 2.05) is 0 Å². The quantitative estimate of drug-likeness (QED) is 0.209. The Morgan fingerprint density at radius 3 is 1.68 bits per heavy atom. The molecule has 11 heteroatoms. The number of carbonyl (C=O) groups excluding carboxylic acids is 2. The molecule has 0 bridgehead atoms. The number of rotatable bonds is 12. The highest BCUT2D eigenvalue weighted by atomic mass is 16.5. The van der Waals surface area contributed by atoms with Gasteiger partial charge in [0.05, 0.1) is 34.8 Å². The molecule has 0 saturated carbocycles. The van der Waals surface area contributed by atoms with Crippen LogP contribution in [0.5, 0.6) is 0 Å². The average molecular weight is 513 g/mol. The molecule has 1 aromatic heterocycles. The van der Waals surface area contributed by atoms with Gasteiger partial charge in [-0.05, 0) is 24.3 Å². The summed E-state index contributed by atoms with van der Waals surface area (Å²) in [5.41, 5.74) is 0.763. The third kappa shape index (κ3) is 8.13. The number of hydrogen-bond acceptors (Lipinski definition) is 11. The second-order valence-corrected chi connectivity index (χ2v) is 8.20. The largest absolute Gasteiger partial charge is 0.459 e. The molecule has 0 amide bonds. The smallest absolute Gasteiger partial charge is 0.338 e. The van der Waals surface area contributed by atoms with Gasteiger partial charge in [-0.2, -0.15) is 0 Å². The first-order valence-corrected chi connectivity index (χ1v) is 11.4. The van der Waals surface area contributed by atoms with E-state index in [-0.39, 0.29) is 23.4 Å². The molecule has 5 atom stereocenters. The van der Waals surface area contributed by atoms with Crippen LogP contribution in [0, 0.1) is 0 Å². The van der Waals surface area contributed by atoms with Crippen LogP contribution in [0.1, 0.15) is 38.2 Å². The van der Waals surface area contributed by atoms with Crippen molar-refractivity contribution in [3.05, 3.63) is 95.6 Å². The molecule has 2 aromatic carbocycles. The molecule has 5 N–H and O–H groups in total. The highest BCUT2D eigenvalue weighted by Gasteiger charge is 2.29. The summed E-state index contributed by atoms with van der Waals surface area (Å²) in [7, 11) is 0. The SMILES string of the molecule is O=C(OCC(O)C(O)Cc1cnc(C(O)C(O)C(O)COC(=O)c2ccccc2)cn1)c1ccccc1. The topological polar surface area (TPSA) is 180 Å². The van der Waals surface area contributed by atoms with E-state index in [0.29, 0.717) is 5.56 Å². The van der Waals surface area contributed by atoms with Gasteiger partial charge in [-0.1, -0.05) is 36.4 Å². The molecule has 3 rings (SSSR count). The van der Waals surface area contributed by atoms with Gasteiger partial charge in [-0.25, -0.2) is 9.59 Å². The lowest BCUT2D eigenvalue weighted by atomic mass is 10.1. The first-order valence-electron chi connectivity index (χ1n) is 11.4. The van der Waals surface area contributed by atoms with Gasteiger partial charge in [0.2, 0.25) is 0 Å². The monoisotopic (exact) mass is 512 g/mol. The van der Waals surface area contributed by atoms with Crippen molar-refractivity contribution in [1.82, 2.24) is 9.97 Å². The summed E-state index contributed by atoms with van der Waals surface area (Å²) < 4.78 is 9.97. The number of carbonyl (C=O) groups is 2. The standard InChI is InChI=1S/C26H28N2O9/c29-20(21(30)14-36-25(34)16-7-3-1-4-8-16)11-18-12-28-19(13-27-18)23(32)24(33)22(31)15-37-26(35)17-9-5-2-6-10-17/h1-10,12-13,20-24,29-33H,11,14-15H2. The summed E-state index contributed by atoms with van der Waals surface area (Å²) in [6.45, 7) is -0.992. The van der Waals surface area contributed by atoms with Crippen molar-refractivity contribution in [3.8, 4) is 0 Å². The van der Waals surface area contributed by atoms with E-state index in [1.54, 1.807) is 48.5 Å². The van der Waals surface area contributed by atoms with Crippen LogP contribution in [0.4, 0.5) is 0 Å².